The molecule has 3 rings (SSSR count). The van der Waals surface area contributed by atoms with Crippen LogP contribution in [0.1, 0.15) is 53.9 Å². The number of amides is 1. The Balaban J connectivity index is 1.79. The van der Waals surface area contributed by atoms with Gasteiger partial charge in [-0.3, -0.25) is 14.1 Å². The molecule has 3 aromatic rings. The molecule has 0 fully saturated rings. The van der Waals surface area contributed by atoms with E-state index in [1.54, 1.807) is 19.1 Å². The highest BCUT2D eigenvalue weighted by Crippen LogP contribution is 2.27. The predicted molar refractivity (Wildman–Crippen MR) is 141 cm³/mol. The van der Waals surface area contributed by atoms with Crippen molar-refractivity contribution in [3.63, 3.8) is 0 Å². The molecule has 0 saturated heterocycles. The molecule has 0 atom stereocenters. The van der Waals surface area contributed by atoms with Gasteiger partial charge >= 0.3 is 5.97 Å². The summed E-state index contributed by atoms with van der Waals surface area (Å²) in [5, 5.41) is 3.39. The number of hydrogen-bond acceptors (Lipinski definition) is 8. The third kappa shape index (κ3) is 8.11. The van der Waals surface area contributed by atoms with E-state index in [2.05, 4.69) is 22.2 Å². The van der Waals surface area contributed by atoms with Crippen LogP contribution in [0.4, 0.5) is 5.69 Å². The second-order valence-electron chi connectivity index (χ2n) is 8.10. The zero-order valence-corrected chi connectivity index (χ0v) is 22.3. The zero-order valence-electron chi connectivity index (χ0n) is 20.6. The fraction of sp³-hybridized carbons (Fsp3) is 0.308. The van der Waals surface area contributed by atoms with Gasteiger partial charge in [-0.05, 0) is 49.6 Å². The molecule has 0 saturated carbocycles. The van der Waals surface area contributed by atoms with Gasteiger partial charge in [0.2, 0.25) is 0 Å². The Bertz CT molecular complexity index is 1340. The number of hydrogen-bond donors (Lipinski definition) is 2. The van der Waals surface area contributed by atoms with Gasteiger partial charge in [-0.2, -0.15) is 8.42 Å². The second kappa shape index (κ2) is 13.3. The number of carbonyl (C=O) groups is 2. The van der Waals surface area contributed by atoms with Crippen LogP contribution in [0, 0.1) is 0 Å². The minimum Gasteiger partial charge on any atom is -0.465 e. The number of thioether (sulfide) groups is 1. The number of ether oxygens (including phenoxy) is 1. The summed E-state index contributed by atoms with van der Waals surface area (Å²) in [4.78, 5) is 33.0. The molecule has 0 unspecified atom stereocenters. The molecule has 2 aromatic carbocycles. The van der Waals surface area contributed by atoms with Gasteiger partial charge in [-0.25, -0.2) is 9.97 Å². The first-order valence-electron chi connectivity index (χ1n) is 11.8. The summed E-state index contributed by atoms with van der Waals surface area (Å²) in [6.45, 7) is 4.20. The summed E-state index contributed by atoms with van der Waals surface area (Å²) in [5.74, 6) is -0.805. The molecule has 0 radical (unpaired) electrons. The number of anilines is 1. The quantitative estimate of drug-likeness (QED) is 0.146. The standard InChI is InChI=1S/C26H29N3O6S2/c1-3-5-9-22-21(26(28-17-27-22)36-16-24(30)35-4-2)15-18-11-13-19(14-12-18)29-25(31)20-8-6-7-10-23(20)37(32,33)34/h6-8,10-14,17H,3-5,9,15-16H2,1-2H3,(H,29,31)(H,32,33,34). The van der Waals surface area contributed by atoms with Crippen LogP contribution in [0.15, 0.2) is 64.8 Å². The Morgan fingerprint density at radius 2 is 1.78 bits per heavy atom. The minimum absolute atomic E-state index is 0.153. The number of aryl methyl sites for hydroxylation is 1. The molecular weight excluding hydrogens is 514 g/mol. The number of carbonyl (C=O) groups excluding carboxylic acids is 2. The van der Waals surface area contributed by atoms with Gasteiger partial charge in [0, 0.05) is 23.4 Å². The smallest absolute Gasteiger partial charge is 0.316 e. The van der Waals surface area contributed by atoms with Crippen molar-refractivity contribution in [2.24, 2.45) is 0 Å². The Labute approximate surface area is 220 Å². The fourth-order valence-electron chi connectivity index (χ4n) is 3.61. The lowest BCUT2D eigenvalue weighted by atomic mass is 10.0. The topological polar surface area (TPSA) is 136 Å². The average molecular weight is 544 g/mol. The van der Waals surface area contributed by atoms with E-state index in [4.69, 9.17) is 4.74 Å². The van der Waals surface area contributed by atoms with E-state index < -0.39 is 20.9 Å². The van der Waals surface area contributed by atoms with Gasteiger partial charge in [0.25, 0.3) is 16.0 Å². The average Bonchev–Trinajstić information content (AvgIpc) is 2.88. The van der Waals surface area contributed by atoms with E-state index in [1.807, 2.05) is 12.1 Å². The number of rotatable bonds is 12. The summed E-state index contributed by atoms with van der Waals surface area (Å²) in [7, 11) is -4.54. The third-order valence-corrected chi connectivity index (χ3v) is 7.31. The monoisotopic (exact) mass is 543 g/mol. The molecule has 196 valence electrons. The lowest BCUT2D eigenvalue weighted by Crippen LogP contribution is -2.16. The van der Waals surface area contributed by atoms with Crippen molar-refractivity contribution in [3.05, 3.63) is 77.2 Å². The van der Waals surface area contributed by atoms with Gasteiger partial charge < -0.3 is 10.1 Å². The lowest BCUT2D eigenvalue weighted by Gasteiger charge is -2.13. The molecule has 1 amide bonds. The van der Waals surface area contributed by atoms with Crippen LogP contribution in [0.5, 0.6) is 0 Å². The molecule has 37 heavy (non-hydrogen) atoms. The molecule has 2 N–H and O–H groups in total. The van der Waals surface area contributed by atoms with Crippen LogP contribution in [-0.2, 0) is 32.5 Å². The maximum Gasteiger partial charge on any atom is 0.316 e. The summed E-state index contributed by atoms with van der Waals surface area (Å²) in [6, 6.07) is 12.6. The van der Waals surface area contributed by atoms with Gasteiger partial charge in [-0.1, -0.05) is 49.4 Å². The van der Waals surface area contributed by atoms with Crippen molar-refractivity contribution < 1.29 is 27.3 Å². The maximum atomic E-state index is 12.7. The Kier molecular flexibility index (Phi) is 10.2. The van der Waals surface area contributed by atoms with Crippen LogP contribution in [0.25, 0.3) is 0 Å². The van der Waals surface area contributed by atoms with Crippen molar-refractivity contribution in [2.75, 3.05) is 17.7 Å². The first kappa shape index (κ1) is 28.3. The Hall–Kier alpha value is -3.28. The number of unbranched alkanes of at least 4 members (excludes halogenated alkanes) is 1. The highest BCUT2D eigenvalue weighted by molar-refractivity contribution is 7.99. The summed E-state index contributed by atoms with van der Waals surface area (Å²) in [5.41, 5.74) is 3.14. The maximum absolute atomic E-state index is 12.7. The van der Waals surface area contributed by atoms with Gasteiger partial charge in [0.05, 0.1) is 17.9 Å². The number of nitrogens with zero attached hydrogens (tertiary/aromatic N) is 2. The number of esters is 1. The normalized spacial score (nSPS) is 11.2. The largest absolute Gasteiger partial charge is 0.465 e. The van der Waals surface area contributed by atoms with Crippen molar-refractivity contribution in [1.29, 1.82) is 0 Å². The molecule has 0 aliphatic carbocycles. The fourth-order valence-corrected chi connectivity index (χ4v) is 5.12. The number of aromatic nitrogens is 2. The Morgan fingerprint density at radius 1 is 1.05 bits per heavy atom. The van der Waals surface area contributed by atoms with E-state index in [-0.39, 0.29) is 17.3 Å². The number of benzene rings is 2. The van der Waals surface area contributed by atoms with Gasteiger partial charge in [0.1, 0.15) is 16.2 Å². The van der Waals surface area contributed by atoms with Crippen LogP contribution in [0.3, 0.4) is 0 Å². The van der Waals surface area contributed by atoms with Crippen molar-refractivity contribution in [3.8, 4) is 0 Å². The molecular formula is C26H29N3O6S2. The molecule has 0 aliphatic heterocycles. The molecule has 0 bridgehead atoms. The zero-order chi connectivity index (χ0) is 26.8. The molecule has 1 aromatic heterocycles. The minimum atomic E-state index is -4.54. The summed E-state index contributed by atoms with van der Waals surface area (Å²) >= 11 is 1.32. The highest BCUT2D eigenvalue weighted by Gasteiger charge is 2.20. The van der Waals surface area contributed by atoms with Crippen LogP contribution in [-0.4, -0.2) is 47.2 Å². The van der Waals surface area contributed by atoms with Gasteiger partial charge in [0.15, 0.2) is 0 Å². The van der Waals surface area contributed by atoms with Crippen LogP contribution in [0.2, 0.25) is 0 Å². The lowest BCUT2D eigenvalue weighted by molar-refractivity contribution is -0.139. The highest BCUT2D eigenvalue weighted by atomic mass is 32.2. The van der Waals surface area contributed by atoms with Crippen LogP contribution < -0.4 is 5.32 Å². The van der Waals surface area contributed by atoms with E-state index in [0.29, 0.717) is 18.7 Å². The third-order valence-electron chi connectivity index (χ3n) is 5.40. The van der Waals surface area contributed by atoms with E-state index in [0.717, 1.165) is 41.1 Å². The summed E-state index contributed by atoms with van der Waals surface area (Å²) < 4.78 is 37.7. The molecule has 11 heteroatoms. The first-order chi connectivity index (χ1) is 17.7. The molecule has 9 nitrogen and oxygen atoms in total. The molecule has 1 heterocycles. The van der Waals surface area contributed by atoms with E-state index >= 15 is 0 Å². The Morgan fingerprint density at radius 3 is 2.46 bits per heavy atom. The van der Waals surface area contributed by atoms with Gasteiger partial charge in [-0.15, -0.1) is 0 Å². The SMILES string of the molecule is CCCCc1ncnc(SCC(=O)OCC)c1Cc1ccc(NC(=O)c2ccccc2S(=O)(=O)O)cc1. The predicted octanol–water partition coefficient (Wildman–Crippen LogP) is 4.56. The summed E-state index contributed by atoms with van der Waals surface area (Å²) in [6.07, 6.45) is 4.84. The second-order valence-corrected chi connectivity index (χ2v) is 10.5. The van der Waals surface area contributed by atoms with Crippen molar-refractivity contribution >= 4 is 39.4 Å². The van der Waals surface area contributed by atoms with E-state index in [1.165, 1.54) is 42.4 Å². The molecule has 0 aliphatic rings. The van der Waals surface area contributed by atoms with Crippen molar-refractivity contribution in [1.82, 2.24) is 9.97 Å². The number of nitrogens with one attached hydrogen (secondary N) is 1. The first-order valence-corrected chi connectivity index (χ1v) is 14.2. The van der Waals surface area contributed by atoms with E-state index in [9.17, 15) is 22.6 Å². The van der Waals surface area contributed by atoms with Crippen LogP contribution >= 0.6 is 11.8 Å². The van der Waals surface area contributed by atoms with Crippen molar-refractivity contribution in [2.45, 2.75) is 49.5 Å². The molecule has 0 spiro atoms.